The van der Waals surface area contributed by atoms with E-state index in [4.69, 9.17) is 10.5 Å². The normalized spacial score (nSPS) is 26.1. The van der Waals surface area contributed by atoms with E-state index in [9.17, 15) is 0 Å². The molecular formula is C11H20N4O. The Balaban J connectivity index is 2.29. The molecule has 0 aromatic carbocycles. The number of ether oxygens (including phenoxy) is 1. The van der Waals surface area contributed by atoms with E-state index in [1.807, 2.05) is 18.7 Å². The van der Waals surface area contributed by atoms with Gasteiger partial charge in [0.15, 0.2) is 5.82 Å². The zero-order valence-electron chi connectivity index (χ0n) is 10.4. The van der Waals surface area contributed by atoms with Gasteiger partial charge in [-0.05, 0) is 20.8 Å². The SMILES string of the molecule is Cc1nn(C)c(N2C[C@@H](C)O[C@@H](C)C2)c1N. The Morgan fingerprint density at radius 1 is 1.31 bits per heavy atom. The molecular weight excluding hydrogens is 204 g/mol. The van der Waals surface area contributed by atoms with Crippen LogP contribution in [0.4, 0.5) is 11.5 Å². The Morgan fingerprint density at radius 3 is 2.31 bits per heavy atom. The minimum Gasteiger partial charge on any atom is -0.394 e. The van der Waals surface area contributed by atoms with E-state index < -0.39 is 0 Å². The highest BCUT2D eigenvalue weighted by Crippen LogP contribution is 2.28. The Bertz CT molecular complexity index is 378. The monoisotopic (exact) mass is 224 g/mol. The highest BCUT2D eigenvalue weighted by atomic mass is 16.5. The van der Waals surface area contributed by atoms with Crippen molar-refractivity contribution in [1.29, 1.82) is 0 Å². The summed E-state index contributed by atoms with van der Waals surface area (Å²) >= 11 is 0. The molecule has 0 radical (unpaired) electrons. The van der Waals surface area contributed by atoms with E-state index in [0.717, 1.165) is 30.3 Å². The second-order valence-corrected chi connectivity index (χ2v) is 4.61. The molecule has 0 bridgehead atoms. The van der Waals surface area contributed by atoms with E-state index >= 15 is 0 Å². The average Bonchev–Trinajstić information content (AvgIpc) is 2.39. The lowest BCUT2D eigenvalue weighted by molar-refractivity contribution is -0.00560. The molecule has 0 spiro atoms. The van der Waals surface area contributed by atoms with E-state index in [1.54, 1.807) is 0 Å². The Hall–Kier alpha value is -1.23. The second-order valence-electron chi connectivity index (χ2n) is 4.61. The quantitative estimate of drug-likeness (QED) is 0.771. The number of nitrogens with zero attached hydrogens (tertiary/aromatic N) is 3. The maximum absolute atomic E-state index is 6.06. The van der Waals surface area contributed by atoms with Crippen LogP contribution in [0, 0.1) is 6.92 Å². The molecule has 1 aliphatic rings. The van der Waals surface area contributed by atoms with Crippen LogP contribution in [-0.2, 0) is 11.8 Å². The zero-order chi connectivity index (χ0) is 11.9. The van der Waals surface area contributed by atoms with E-state index in [1.165, 1.54) is 0 Å². The molecule has 1 fully saturated rings. The number of nitrogens with two attached hydrogens (primary N) is 1. The first-order chi connectivity index (χ1) is 7.49. The first-order valence-corrected chi connectivity index (χ1v) is 5.68. The van der Waals surface area contributed by atoms with Crippen molar-refractivity contribution in [3.8, 4) is 0 Å². The predicted molar refractivity (Wildman–Crippen MR) is 64.6 cm³/mol. The highest BCUT2D eigenvalue weighted by Gasteiger charge is 2.26. The van der Waals surface area contributed by atoms with Crippen LogP contribution < -0.4 is 10.6 Å². The summed E-state index contributed by atoms with van der Waals surface area (Å²) in [5, 5.41) is 4.35. The van der Waals surface area contributed by atoms with Crippen molar-refractivity contribution in [3.05, 3.63) is 5.69 Å². The topological polar surface area (TPSA) is 56.3 Å². The van der Waals surface area contributed by atoms with Crippen LogP contribution in [0.25, 0.3) is 0 Å². The van der Waals surface area contributed by atoms with Crippen LogP contribution in [-0.4, -0.2) is 35.1 Å². The summed E-state index contributed by atoms with van der Waals surface area (Å²) in [6.45, 7) is 7.84. The van der Waals surface area contributed by atoms with Crippen molar-refractivity contribution in [2.24, 2.45) is 7.05 Å². The molecule has 0 amide bonds. The number of rotatable bonds is 1. The van der Waals surface area contributed by atoms with Crippen LogP contribution in [0.2, 0.25) is 0 Å². The van der Waals surface area contributed by atoms with E-state index in [2.05, 4.69) is 23.8 Å². The zero-order valence-corrected chi connectivity index (χ0v) is 10.4. The largest absolute Gasteiger partial charge is 0.394 e. The summed E-state index contributed by atoms with van der Waals surface area (Å²) in [6.07, 6.45) is 0.469. The van der Waals surface area contributed by atoms with Gasteiger partial charge in [0.05, 0.1) is 23.6 Å². The molecule has 2 rings (SSSR count). The fourth-order valence-corrected chi connectivity index (χ4v) is 2.39. The summed E-state index contributed by atoms with van der Waals surface area (Å²) < 4.78 is 7.57. The van der Waals surface area contributed by atoms with Crippen molar-refractivity contribution in [2.45, 2.75) is 33.0 Å². The lowest BCUT2D eigenvalue weighted by Gasteiger charge is -2.36. The van der Waals surface area contributed by atoms with Gasteiger partial charge in [-0.15, -0.1) is 0 Å². The Labute approximate surface area is 96.2 Å². The summed E-state index contributed by atoms with van der Waals surface area (Å²) in [6, 6.07) is 0. The van der Waals surface area contributed by atoms with Gasteiger partial charge < -0.3 is 15.4 Å². The smallest absolute Gasteiger partial charge is 0.150 e. The number of hydrogen-bond acceptors (Lipinski definition) is 4. The van der Waals surface area contributed by atoms with Crippen LogP contribution in [0.15, 0.2) is 0 Å². The highest BCUT2D eigenvalue weighted by molar-refractivity contribution is 5.66. The molecule has 1 saturated heterocycles. The average molecular weight is 224 g/mol. The van der Waals surface area contributed by atoms with Crippen molar-refractivity contribution in [1.82, 2.24) is 9.78 Å². The van der Waals surface area contributed by atoms with Gasteiger partial charge in [0.25, 0.3) is 0 Å². The number of nitrogen functional groups attached to an aromatic ring is 1. The van der Waals surface area contributed by atoms with E-state index in [0.29, 0.717) is 0 Å². The third-order valence-electron chi connectivity index (χ3n) is 2.96. The standard InChI is InChI=1S/C11H20N4O/c1-7-5-15(6-8(2)16-7)11-10(12)9(3)13-14(11)4/h7-8H,5-6,12H2,1-4H3/t7-,8+. The minimum atomic E-state index is 0.235. The number of aromatic nitrogens is 2. The number of hydrogen-bond donors (Lipinski definition) is 1. The molecule has 90 valence electrons. The van der Waals surface area contributed by atoms with Crippen molar-refractivity contribution in [3.63, 3.8) is 0 Å². The van der Waals surface area contributed by atoms with Crippen LogP contribution in [0.1, 0.15) is 19.5 Å². The number of anilines is 2. The molecule has 0 saturated carbocycles. The van der Waals surface area contributed by atoms with Crippen LogP contribution in [0.5, 0.6) is 0 Å². The van der Waals surface area contributed by atoms with Gasteiger partial charge in [-0.25, -0.2) is 0 Å². The fourth-order valence-electron chi connectivity index (χ4n) is 2.39. The number of morpholine rings is 1. The summed E-state index contributed by atoms with van der Waals surface area (Å²) in [7, 11) is 1.93. The molecule has 1 aliphatic heterocycles. The van der Waals surface area contributed by atoms with Crippen molar-refractivity contribution >= 4 is 11.5 Å². The molecule has 0 aliphatic carbocycles. The van der Waals surface area contributed by atoms with E-state index in [-0.39, 0.29) is 12.2 Å². The minimum absolute atomic E-state index is 0.235. The Kier molecular flexibility index (Phi) is 2.80. The van der Waals surface area contributed by atoms with Gasteiger partial charge in [0, 0.05) is 20.1 Å². The molecule has 1 aromatic heterocycles. The molecule has 0 unspecified atom stereocenters. The third-order valence-corrected chi connectivity index (χ3v) is 2.96. The van der Waals surface area contributed by atoms with Gasteiger partial charge in [0.2, 0.25) is 0 Å². The second kappa shape index (κ2) is 3.97. The number of aryl methyl sites for hydroxylation is 2. The lowest BCUT2D eigenvalue weighted by Crippen LogP contribution is -2.46. The van der Waals surface area contributed by atoms with Gasteiger partial charge in [-0.3, -0.25) is 4.68 Å². The van der Waals surface area contributed by atoms with Crippen molar-refractivity contribution < 1.29 is 4.74 Å². The van der Waals surface area contributed by atoms with Gasteiger partial charge >= 0.3 is 0 Å². The van der Waals surface area contributed by atoms with Gasteiger partial charge in [0.1, 0.15) is 0 Å². The third kappa shape index (κ3) is 1.87. The summed E-state index contributed by atoms with van der Waals surface area (Å²) in [4.78, 5) is 2.26. The van der Waals surface area contributed by atoms with Crippen LogP contribution in [0.3, 0.4) is 0 Å². The maximum Gasteiger partial charge on any atom is 0.150 e. The molecule has 2 N–H and O–H groups in total. The van der Waals surface area contributed by atoms with Crippen molar-refractivity contribution in [2.75, 3.05) is 23.7 Å². The van der Waals surface area contributed by atoms with Gasteiger partial charge in [-0.1, -0.05) is 0 Å². The first kappa shape index (κ1) is 11.3. The molecule has 2 atom stereocenters. The molecule has 1 aromatic rings. The lowest BCUT2D eigenvalue weighted by atomic mass is 10.2. The predicted octanol–water partition coefficient (Wildman–Crippen LogP) is 0.924. The van der Waals surface area contributed by atoms with Gasteiger partial charge in [-0.2, -0.15) is 5.10 Å². The molecule has 2 heterocycles. The molecule has 16 heavy (non-hydrogen) atoms. The molecule has 5 heteroatoms. The molecule has 5 nitrogen and oxygen atoms in total. The summed E-state index contributed by atoms with van der Waals surface area (Å²) in [5.41, 5.74) is 7.73. The maximum atomic E-state index is 6.06. The Morgan fingerprint density at radius 2 is 1.88 bits per heavy atom. The van der Waals surface area contributed by atoms with Crippen LogP contribution >= 0.6 is 0 Å². The summed E-state index contributed by atoms with van der Waals surface area (Å²) in [5.74, 6) is 1.01. The fraction of sp³-hybridized carbons (Fsp3) is 0.727. The first-order valence-electron chi connectivity index (χ1n) is 5.68.